The van der Waals surface area contributed by atoms with Gasteiger partial charge in [0.25, 0.3) is 0 Å². The van der Waals surface area contributed by atoms with Crippen LogP contribution in [-0.2, 0) is 6.54 Å². The number of nitrogens with one attached hydrogen (secondary N) is 3. The molecule has 6 rings (SSSR count). The second-order valence-electron chi connectivity index (χ2n) is 8.47. The van der Waals surface area contributed by atoms with Crippen LogP contribution in [-0.4, -0.2) is 36.7 Å². The second kappa shape index (κ2) is 8.94. The number of hydrogen-bond donors (Lipinski definition) is 3. The van der Waals surface area contributed by atoms with Crippen LogP contribution in [0.15, 0.2) is 67.1 Å². The number of imidazole rings is 1. The summed E-state index contributed by atoms with van der Waals surface area (Å²) in [4.78, 5) is 16.8. The number of fused-ring (bicyclic) bond motifs is 2. The van der Waals surface area contributed by atoms with Gasteiger partial charge in [0.1, 0.15) is 22.5 Å². The normalized spacial score (nSPS) is 11.5. The molecule has 0 saturated heterocycles. The number of halogens is 2. The highest BCUT2D eigenvalue weighted by Crippen LogP contribution is 2.33. The van der Waals surface area contributed by atoms with E-state index in [2.05, 4.69) is 30.5 Å². The molecule has 0 aliphatic rings. The Morgan fingerprint density at radius 2 is 1.86 bits per heavy atom. The van der Waals surface area contributed by atoms with Gasteiger partial charge in [0.2, 0.25) is 0 Å². The molecule has 178 valence electrons. The van der Waals surface area contributed by atoms with Crippen molar-refractivity contribution >= 4 is 21.9 Å². The van der Waals surface area contributed by atoms with E-state index in [9.17, 15) is 4.39 Å². The van der Waals surface area contributed by atoms with E-state index >= 15 is 4.39 Å². The van der Waals surface area contributed by atoms with E-state index < -0.39 is 5.82 Å². The lowest BCUT2D eigenvalue weighted by Crippen LogP contribution is -2.11. The zero-order valence-electron chi connectivity index (χ0n) is 19.3. The van der Waals surface area contributed by atoms with Crippen LogP contribution in [0.3, 0.4) is 0 Å². The number of aromatic nitrogens is 6. The summed E-state index contributed by atoms with van der Waals surface area (Å²) in [5, 5.41) is 11.0. The van der Waals surface area contributed by atoms with Gasteiger partial charge >= 0.3 is 0 Å². The van der Waals surface area contributed by atoms with Crippen molar-refractivity contribution in [2.45, 2.75) is 13.5 Å². The molecule has 0 saturated carbocycles. The Balaban J connectivity index is 1.47. The first-order valence-corrected chi connectivity index (χ1v) is 11.5. The largest absolute Gasteiger partial charge is 0.337 e. The van der Waals surface area contributed by atoms with Crippen LogP contribution in [0.1, 0.15) is 12.5 Å². The molecule has 0 spiro atoms. The van der Waals surface area contributed by atoms with Crippen molar-refractivity contribution in [1.29, 1.82) is 0 Å². The van der Waals surface area contributed by atoms with Crippen LogP contribution >= 0.6 is 0 Å². The first kappa shape index (κ1) is 22.0. The second-order valence-corrected chi connectivity index (χ2v) is 8.47. The molecule has 0 radical (unpaired) electrons. The minimum absolute atomic E-state index is 0.217. The highest BCUT2D eigenvalue weighted by atomic mass is 19.1. The van der Waals surface area contributed by atoms with Crippen molar-refractivity contribution in [3.63, 3.8) is 0 Å². The topological polar surface area (TPSA) is 95.2 Å². The number of aromatic amines is 2. The van der Waals surface area contributed by atoms with Gasteiger partial charge in [-0.15, -0.1) is 0 Å². The van der Waals surface area contributed by atoms with Crippen LogP contribution in [0.2, 0.25) is 0 Å². The summed E-state index contributed by atoms with van der Waals surface area (Å²) in [6.45, 7) is 3.56. The van der Waals surface area contributed by atoms with E-state index in [-0.39, 0.29) is 11.3 Å². The zero-order valence-corrected chi connectivity index (χ0v) is 19.3. The summed E-state index contributed by atoms with van der Waals surface area (Å²) in [7, 11) is 0. The molecule has 0 bridgehead atoms. The fourth-order valence-electron chi connectivity index (χ4n) is 4.33. The van der Waals surface area contributed by atoms with E-state index in [1.165, 1.54) is 18.2 Å². The maximum Gasteiger partial charge on any atom is 0.157 e. The third kappa shape index (κ3) is 3.89. The van der Waals surface area contributed by atoms with E-state index in [0.29, 0.717) is 45.8 Å². The fourth-order valence-corrected chi connectivity index (χ4v) is 4.33. The van der Waals surface area contributed by atoms with E-state index in [1.807, 2.05) is 19.1 Å². The highest BCUT2D eigenvalue weighted by molar-refractivity contribution is 5.97. The molecule has 36 heavy (non-hydrogen) atoms. The number of benzene rings is 2. The standard InChI is InChI=1S/C27H21F2N7/c1-2-30-12-15-8-18(14-31-13-15)17-10-20-24(21(29)11-17)35-36-25(20)27-33-22-6-7-32-23(26(22)34-27)16-4-3-5-19(28)9-16/h3-11,13-14,30H,2,12H2,1H3,(H,33,34)(H,35,36). The minimum atomic E-state index is -0.444. The Labute approximate surface area is 204 Å². The van der Waals surface area contributed by atoms with Crippen LogP contribution in [0.5, 0.6) is 0 Å². The minimum Gasteiger partial charge on any atom is -0.337 e. The molecule has 0 amide bonds. The molecular weight excluding hydrogens is 460 g/mol. The van der Waals surface area contributed by atoms with Crippen LogP contribution in [0.25, 0.3) is 55.8 Å². The Bertz CT molecular complexity index is 1720. The summed E-state index contributed by atoms with van der Waals surface area (Å²) < 4.78 is 28.9. The number of nitrogens with zero attached hydrogens (tertiary/aromatic N) is 4. The molecule has 7 nitrogen and oxygen atoms in total. The lowest BCUT2D eigenvalue weighted by Gasteiger charge is -2.06. The summed E-state index contributed by atoms with van der Waals surface area (Å²) in [5.74, 6) is -0.317. The first-order valence-electron chi connectivity index (χ1n) is 11.5. The van der Waals surface area contributed by atoms with E-state index in [1.54, 1.807) is 36.8 Å². The molecule has 0 fully saturated rings. The van der Waals surface area contributed by atoms with Crippen molar-refractivity contribution in [3.8, 4) is 33.9 Å². The Morgan fingerprint density at radius 1 is 0.944 bits per heavy atom. The first-order chi connectivity index (χ1) is 17.6. The molecule has 0 aliphatic carbocycles. The van der Waals surface area contributed by atoms with Gasteiger partial charge in [-0.1, -0.05) is 19.1 Å². The predicted octanol–water partition coefficient (Wildman–Crippen LogP) is 5.62. The molecule has 6 aromatic rings. The van der Waals surface area contributed by atoms with E-state index in [0.717, 1.165) is 23.2 Å². The third-order valence-electron chi connectivity index (χ3n) is 6.06. The zero-order chi connectivity index (χ0) is 24.6. The van der Waals surface area contributed by atoms with Crippen LogP contribution in [0, 0.1) is 11.6 Å². The van der Waals surface area contributed by atoms with Crippen molar-refractivity contribution in [1.82, 2.24) is 35.5 Å². The Morgan fingerprint density at radius 3 is 2.72 bits per heavy atom. The molecule has 4 aromatic heterocycles. The number of pyridine rings is 2. The quantitative estimate of drug-likeness (QED) is 0.287. The Hall–Kier alpha value is -4.50. The maximum absolute atomic E-state index is 15.1. The number of hydrogen-bond acceptors (Lipinski definition) is 5. The molecule has 3 N–H and O–H groups in total. The summed E-state index contributed by atoms with van der Waals surface area (Å²) in [6.07, 6.45) is 5.15. The van der Waals surface area contributed by atoms with Gasteiger partial charge in [-0.3, -0.25) is 15.1 Å². The van der Waals surface area contributed by atoms with Gasteiger partial charge < -0.3 is 10.3 Å². The fraction of sp³-hybridized carbons (Fsp3) is 0.111. The van der Waals surface area contributed by atoms with Gasteiger partial charge in [-0.25, -0.2) is 13.8 Å². The van der Waals surface area contributed by atoms with Crippen LogP contribution < -0.4 is 5.32 Å². The molecule has 4 heterocycles. The van der Waals surface area contributed by atoms with E-state index in [4.69, 9.17) is 4.98 Å². The van der Waals surface area contributed by atoms with Gasteiger partial charge in [0.05, 0.1) is 11.2 Å². The Kier molecular flexibility index (Phi) is 5.46. The van der Waals surface area contributed by atoms with Crippen molar-refractivity contribution in [2.75, 3.05) is 6.54 Å². The highest BCUT2D eigenvalue weighted by Gasteiger charge is 2.18. The molecular formula is C27H21F2N7. The lowest BCUT2D eigenvalue weighted by atomic mass is 10.0. The third-order valence-corrected chi connectivity index (χ3v) is 6.06. The lowest BCUT2D eigenvalue weighted by molar-refractivity contribution is 0.628. The molecule has 0 atom stereocenters. The SMILES string of the molecule is CCNCc1cncc(-c2cc(F)c3n[nH]c(-c4nc5c(-c6cccc(F)c6)nccc5[nH]4)c3c2)c1. The maximum atomic E-state index is 15.1. The average Bonchev–Trinajstić information content (AvgIpc) is 3.52. The van der Waals surface area contributed by atoms with Crippen LogP contribution in [0.4, 0.5) is 8.78 Å². The van der Waals surface area contributed by atoms with Gasteiger partial charge in [-0.05, 0) is 54.1 Å². The summed E-state index contributed by atoms with van der Waals surface area (Å²) in [5.41, 5.74) is 5.74. The van der Waals surface area contributed by atoms with Crippen molar-refractivity contribution in [3.05, 3.63) is 84.3 Å². The summed E-state index contributed by atoms with van der Waals surface area (Å²) >= 11 is 0. The molecule has 9 heteroatoms. The molecule has 0 unspecified atom stereocenters. The van der Waals surface area contributed by atoms with Gasteiger partial charge in [0, 0.05) is 41.6 Å². The number of rotatable bonds is 6. The monoisotopic (exact) mass is 481 g/mol. The summed E-state index contributed by atoms with van der Waals surface area (Å²) in [6, 6.07) is 13.3. The average molecular weight is 482 g/mol. The van der Waals surface area contributed by atoms with Gasteiger partial charge in [-0.2, -0.15) is 5.10 Å². The molecule has 0 aliphatic heterocycles. The molecule has 2 aromatic carbocycles. The smallest absolute Gasteiger partial charge is 0.157 e. The van der Waals surface area contributed by atoms with Crippen molar-refractivity contribution < 1.29 is 8.78 Å². The predicted molar refractivity (Wildman–Crippen MR) is 135 cm³/mol. The van der Waals surface area contributed by atoms with Crippen molar-refractivity contribution in [2.24, 2.45) is 0 Å². The number of H-pyrrole nitrogens is 2. The van der Waals surface area contributed by atoms with Gasteiger partial charge in [0.15, 0.2) is 11.6 Å².